The highest BCUT2D eigenvalue weighted by Gasteiger charge is 2.28. The summed E-state index contributed by atoms with van der Waals surface area (Å²) in [5.41, 5.74) is 0.111. The van der Waals surface area contributed by atoms with Gasteiger partial charge in [-0.05, 0) is 18.2 Å². The molecule has 112 valence electrons. The first-order chi connectivity index (χ1) is 9.84. The van der Waals surface area contributed by atoms with E-state index in [0.29, 0.717) is 4.31 Å². The third-order valence-electron chi connectivity index (χ3n) is 2.94. The fourth-order valence-corrected chi connectivity index (χ4v) is 3.09. The van der Waals surface area contributed by atoms with E-state index in [0.717, 1.165) is 25.2 Å². The summed E-state index contributed by atoms with van der Waals surface area (Å²) in [6.45, 7) is -0.331. The third kappa shape index (κ3) is 3.08. The van der Waals surface area contributed by atoms with Crippen molar-refractivity contribution in [3.8, 4) is 0 Å². The maximum Gasteiger partial charge on any atom is 0.248 e. The van der Waals surface area contributed by atoms with Crippen molar-refractivity contribution < 1.29 is 21.6 Å². The van der Waals surface area contributed by atoms with Crippen LogP contribution in [0, 0.1) is 17.5 Å². The Morgan fingerprint density at radius 1 is 0.905 bits per heavy atom. The average molecular weight is 315 g/mol. The highest BCUT2D eigenvalue weighted by atomic mass is 32.2. The van der Waals surface area contributed by atoms with Crippen molar-refractivity contribution in [1.82, 2.24) is 4.31 Å². The Bertz CT molecular complexity index is 742. The van der Waals surface area contributed by atoms with Crippen molar-refractivity contribution in [1.29, 1.82) is 0 Å². The van der Waals surface area contributed by atoms with E-state index in [1.165, 1.54) is 18.2 Å². The van der Waals surface area contributed by atoms with Crippen LogP contribution < -0.4 is 0 Å². The number of hydrogen-bond donors (Lipinski definition) is 0. The standard InChI is InChI=1S/C14H12F3NO2S/c1-18(9-10-5-2-3-6-11(10)15)21(19,20)14-12(16)7-4-8-13(14)17/h2-8H,9H2,1H3. The second-order valence-electron chi connectivity index (χ2n) is 4.40. The van der Waals surface area contributed by atoms with E-state index in [-0.39, 0.29) is 12.1 Å². The third-order valence-corrected chi connectivity index (χ3v) is 4.79. The van der Waals surface area contributed by atoms with Gasteiger partial charge in [0.15, 0.2) is 4.90 Å². The van der Waals surface area contributed by atoms with Gasteiger partial charge in [-0.15, -0.1) is 0 Å². The highest BCUT2D eigenvalue weighted by Crippen LogP contribution is 2.23. The quantitative estimate of drug-likeness (QED) is 0.870. The molecule has 0 saturated heterocycles. The molecular weight excluding hydrogens is 303 g/mol. The van der Waals surface area contributed by atoms with Crippen LogP contribution in [0.4, 0.5) is 13.2 Å². The lowest BCUT2D eigenvalue weighted by Crippen LogP contribution is -2.28. The van der Waals surface area contributed by atoms with E-state index in [1.54, 1.807) is 6.07 Å². The van der Waals surface area contributed by atoms with Gasteiger partial charge in [0.1, 0.15) is 17.5 Å². The summed E-state index contributed by atoms with van der Waals surface area (Å²) in [5, 5.41) is 0. The van der Waals surface area contributed by atoms with Gasteiger partial charge in [-0.3, -0.25) is 0 Å². The Balaban J connectivity index is 2.38. The zero-order valence-corrected chi connectivity index (χ0v) is 11.9. The molecule has 0 fully saturated rings. The highest BCUT2D eigenvalue weighted by molar-refractivity contribution is 7.89. The molecule has 21 heavy (non-hydrogen) atoms. The molecule has 0 bridgehead atoms. The van der Waals surface area contributed by atoms with Crippen molar-refractivity contribution in [3.05, 3.63) is 65.5 Å². The number of halogens is 3. The maximum atomic E-state index is 13.6. The van der Waals surface area contributed by atoms with E-state index in [2.05, 4.69) is 0 Å². The largest absolute Gasteiger partial charge is 0.248 e. The molecule has 0 unspecified atom stereocenters. The summed E-state index contributed by atoms with van der Waals surface area (Å²) in [6, 6.07) is 8.37. The fraction of sp³-hybridized carbons (Fsp3) is 0.143. The number of hydrogen-bond acceptors (Lipinski definition) is 2. The van der Waals surface area contributed by atoms with Crippen LogP contribution in [0.25, 0.3) is 0 Å². The summed E-state index contributed by atoms with van der Waals surface area (Å²) >= 11 is 0. The lowest BCUT2D eigenvalue weighted by Gasteiger charge is -2.18. The molecule has 7 heteroatoms. The molecule has 0 aliphatic heterocycles. The maximum absolute atomic E-state index is 13.6. The van der Waals surface area contributed by atoms with Crippen LogP contribution in [-0.4, -0.2) is 19.8 Å². The Morgan fingerprint density at radius 3 is 2.00 bits per heavy atom. The topological polar surface area (TPSA) is 37.4 Å². The predicted molar refractivity (Wildman–Crippen MR) is 71.4 cm³/mol. The van der Waals surface area contributed by atoms with Crippen LogP contribution in [0.3, 0.4) is 0 Å². The van der Waals surface area contributed by atoms with Crippen molar-refractivity contribution in [2.24, 2.45) is 0 Å². The normalized spacial score (nSPS) is 11.9. The molecule has 0 aromatic heterocycles. The van der Waals surface area contributed by atoms with E-state index in [9.17, 15) is 21.6 Å². The minimum absolute atomic E-state index is 0.111. The van der Waals surface area contributed by atoms with E-state index >= 15 is 0 Å². The Morgan fingerprint density at radius 2 is 1.43 bits per heavy atom. The molecule has 0 aliphatic rings. The minimum Gasteiger partial charge on any atom is -0.207 e. The summed E-state index contributed by atoms with van der Waals surface area (Å²) < 4.78 is 65.9. The minimum atomic E-state index is -4.40. The van der Waals surface area contributed by atoms with Crippen LogP contribution >= 0.6 is 0 Å². The molecule has 2 aromatic carbocycles. The van der Waals surface area contributed by atoms with Gasteiger partial charge in [0.2, 0.25) is 10.0 Å². The molecule has 2 aromatic rings. The van der Waals surface area contributed by atoms with Gasteiger partial charge < -0.3 is 0 Å². The molecule has 0 saturated carbocycles. The first-order valence-electron chi connectivity index (χ1n) is 5.98. The molecule has 0 atom stereocenters. The number of sulfonamides is 1. The van der Waals surface area contributed by atoms with Crippen LogP contribution in [-0.2, 0) is 16.6 Å². The van der Waals surface area contributed by atoms with E-state index < -0.39 is 32.4 Å². The molecule has 0 heterocycles. The second kappa shape index (κ2) is 5.87. The van der Waals surface area contributed by atoms with Gasteiger partial charge in [0.05, 0.1) is 0 Å². The van der Waals surface area contributed by atoms with Crippen molar-refractivity contribution >= 4 is 10.0 Å². The van der Waals surface area contributed by atoms with Gasteiger partial charge in [-0.1, -0.05) is 24.3 Å². The summed E-state index contributed by atoms with van der Waals surface area (Å²) in [7, 11) is -3.27. The number of benzene rings is 2. The van der Waals surface area contributed by atoms with Crippen molar-refractivity contribution in [2.75, 3.05) is 7.05 Å². The molecular formula is C14H12F3NO2S. The van der Waals surface area contributed by atoms with Crippen molar-refractivity contribution in [3.63, 3.8) is 0 Å². The van der Waals surface area contributed by atoms with Gasteiger partial charge in [0.25, 0.3) is 0 Å². The Kier molecular flexibility index (Phi) is 4.34. The lowest BCUT2D eigenvalue weighted by molar-refractivity contribution is 0.441. The lowest BCUT2D eigenvalue weighted by atomic mass is 10.2. The molecule has 0 aliphatic carbocycles. The van der Waals surface area contributed by atoms with Gasteiger partial charge >= 0.3 is 0 Å². The van der Waals surface area contributed by atoms with Gasteiger partial charge in [-0.2, -0.15) is 4.31 Å². The van der Waals surface area contributed by atoms with Crippen LogP contribution in [0.2, 0.25) is 0 Å². The summed E-state index contributed by atoms with van der Waals surface area (Å²) in [6.07, 6.45) is 0. The molecule has 0 radical (unpaired) electrons. The van der Waals surface area contributed by atoms with Gasteiger partial charge in [0, 0.05) is 19.2 Å². The summed E-state index contributed by atoms with van der Waals surface area (Å²) in [5.74, 6) is -2.96. The van der Waals surface area contributed by atoms with Crippen LogP contribution in [0.15, 0.2) is 47.4 Å². The average Bonchev–Trinajstić information content (AvgIpc) is 2.40. The molecule has 2 rings (SSSR count). The zero-order chi connectivity index (χ0) is 15.6. The molecule has 0 spiro atoms. The van der Waals surface area contributed by atoms with E-state index in [1.807, 2.05) is 0 Å². The SMILES string of the molecule is CN(Cc1ccccc1F)S(=O)(=O)c1c(F)cccc1F. The van der Waals surface area contributed by atoms with Crippen molar-refractivity contribution in [2.45, 2.75) is 11.4 Å². The number of nitrogens with zero attached hydrogens (tertiary/aromatic N) is 1. The molecule has 0 amide bonds. The monoisotopic (exact) mass is 315 g/mol. The fourth-order valence-electron chi connectivity index (χ4n) is 1.84. The number of rotatable bonds is 4. The van der Waals surface area contributed by atoms with Crippen LogP contribution in [0.1, 0.15) is 5.56 Å². The molecule has 0 N–H and O–H groups in total. The zero-order valence-electron chi connectivity index (χ0n) is 11.1. The van der Waals surface area contributed by atoms with Gasteiger partial charge in [-0.25, -0.2) is 21.6 Å². The first kappa shape index (κ1) is 15.5. The second-order valence-corrected chi connectivity index (χ2v) is 6.39. The van der Waals surface area contributed by atoms with E-state index in [4.69, 9.17) is 0 Å². The predicted octanol–water partition coefficient (Wildman–Crippen LogP) is 2.92. The first-order valence-corrected chi connectivity index (χ1v) is 7.42. The molecule has 3 nitrogen and oxygen atoms in total. The van der Waals surface area contributed by atoms with Crippen LogP contribution in [0.5, 0.6) is 0 Å². The Hall–Kier alpha value is -1.86. The Labute approximate surface area is 120 Å². The smallest absolute Gasteiger partial charge is 0.207 e. The summed E-state index contributed by atoms with van der Waals surface area (Å²) in [4.78, 5) is -1.04.